The van der Waals surface area contributed by atoms with Crippen molar-refractivity contribution in [2.45, 2.75) is 26.7 Å². The van der Waals surface area contributed by atoms with Gasteiger partial charge in [0.2, 0.25) is 5.69 Å². The first-order valence-electron chi connectivity index (χ1n) is 7.75. The number of fused-ring (bicyclic) bond motifs is 6. The Bertz CT molecular complexity index is 1010. The molecule has 1 aliphatic heterocycles. The van der Waals surface area contributed by atoms with Gasteiger partial charge in [0.1, 0.15) is 18.6 Å². The maximum atomic E-state index is 4.85. The molecule has 5 rings (SSSR count). The van der Waals surface area contributed by atoms with Gasteiger partial charge in [0.05, 0.1) is 0 Å². The van der Waals surface area contributed by atoms with Crippen molar-refractivity contribution in [2.24, 2.45) is 7.05 Å². The SMILES string of the molecule is Cc1[c-]ccc2nc3n(c12)C1=C(Cc2ccc(C)[n+](C)c21)C3.[Bk]. The number of benzene rings is 1. The smallest absolute Gasteiger partial charge is 0.232 e. The van der Waals surface area contributed by atoms with E-state index in [1.807, 2.05) is 6.07 Å². The second-order valence-electron chi connectivity index (χ2n) is 6.41. The minimum absolute atomic E-state index is 0. The molecule has 117 valence electrons. The van der Waals surface area contributed by atoms with E-state index in [9.17, 15) is 0 Å². The number of hydrogen-bond acceptors (Lipinski definition) is 1. The van der Waals surface area contributed by atoms with Crippen molar-refractivity contribution >= 4 is 16.7 Å². The summed E-state index contributed by atoms with van der Waals surface area (Å²) in [6.07, 6.45) is 2.02. The standard InChI is InChI=1S/C19H17N3.Bk/c1-11-5-4-6-15-17(11)22-16(20-15)10-14-9-13-8-7-12(2)21(3)18(13)19(14)22;/h4,6-8H,9-10H2,1-3H3;. The van der Waals surface area contributed by atoms with Crippen LogP contribution < -0.4 is 4.57 Å². The maximum absolute atomic E-state index is 4.85. The van der Waals surface area contributed by atoms with Crippen LogP contribution in [0.5, 0.6) is 0 Å². The van der Waals surface area contributed by atoms with Crippen LogP contribution in [0.15, 0.2) is 29.8 Å². The quantitative estimate of drug-likeness (QED) is 0.321. The zero-order valence-electron chi connectivity index (χ0n) is 13.4. The molecule has 3 nitrogen and oxygen atoms in total. The van der Waals surface area contributed by atoms with Crippen molar-refractivity contribution in [3.05, 3.63) is 64.2 Å². The Kier molecular flexibility index (Phi) is 2.34. The average molecular weight is 534 g/mol. The molecule has 0 saturated heterocycles. The van der Waals surface area contributed by atoms with E-state index in [0.717, 1.165) is 18.4 Å². The van der Waals surface area contributed by atoms with Gasteiger partial charge in [-0.25, -0.2) is 0 Å². The van der Waals surface area contributed by atoms with E-state index in [1.54, 1.807) is 0 Å². The van der Waals surface area contributed by atoms with Gasteiger partial charge in [0, 0.05) is 31.4 Å². The third-order valence-electron chi connectivity index (χ3n) is 5.12. The number of nitrogens with zero attached hydrogens (tertiary/aromatic N) is 3. The van der Waals surface area contributed by atoms with E-state index < -0.39 is 0 Å². The minimum atomic E-state index is 0. The summed E-state index contributed by atoms with van der Waals surface area (Å²) in [6, 6.07) is 11.9. The third-order valence-corrected chi connectivity index (χ3v) is 5.12. The molecule has 3 aromatic rings. The number of aryl methyl sites for hydroxylation is 2. The molecule has 1 aromatic carbocycles. The summed E-state index contributed by atoms with van der Waals surface area (Å²) in [7, 11) is 2.17. The van der Waals surface area contributed by atoms with E-state index in [-0.39, 0.29) is 0 Å². The third kappa shape index (κ3) is 1.44. The van der Waals surface area contributed by atoms with E-state index in [0.29, 0.717) is 0 Å². The van der Waals surface area contributed by atoms with Crippen molar-refractivity contribution in [1.29, 1.82) is 0 Å². The molecule has 0 atom stereocenters. The first-order chi connectivity index (χ1) is 10.6. The molecule has 0 amide bonds. The summed E-state index contributed by atoms with van der Waals surface area (Å²) in [6.45, 7) is 4.29. The number of hydrogen-bond donors (Lipinski definition) is 0. The molecule has 0 spiro atoms. The van der Waals surface area contributed by atoms with E-state index in [1.165, 1.54) is 45.1 Å². The molecule has 2 aromatic heterocycles. The summed E-state index contributed by atoms with van der Waals surface area (Å²) in [5, 5.41) is 0. The molecule has 2 aliphatic rings. The van der Waals surface area contributed by atoms with Gasteiger partial charge < -0.3 is 4.57 Å². The van der Waals surface area contributed by atoms with Crippen LogP contribution in [0.25, 0.3) is 16.7 Å². The van der Waals surface area contributed by atoms with Crippen LogP contribution in [0.4, 0.5) is 0 Å². The van der Waals surface area contributed by atoms with Crippen molar-refractivity contribution in [3.63, 3.8) is 0 Å². The molecule has 0 fully saturated rings. The molecule has 0 saturated carbocycles. The van der Waals surface area contributed by atoms with Crippen molar-refractivity contribution < 1.29 is 4.57 Å². The van der Waals surface area contributed by atoms with Gasteiger partial charge in [0.25, 0.3) is 0 Å². The zero-order valence-corrected chi connectivity index (χ0v) is 16.2. The van der Waals surface area contributed by atoms with E-state index in [2.05, 4.69) is 54.3 Å². The van der Waals surface area contributed by atoms with Gasteiger partial charge in [-0.05, 0) is 22.7 Å². The normalized spacial score (nSPS) is 14.7. The molecule has 0 bridgehead atoms. The summed E-state index contributed by atoms with van der Waals surface area (Å²) in [5.41, 5.74) is 10.4. The van der Waals surface area contributed by atoms with Crippen LogP contribution in [-0.2, 0) is 19.9 Å². The van der Waals surface area contributed by atoms with Gasteiger partial charge >= 0.3 is 0 Å². The summed E-state index contributed by atoms with van der Waals surface area (Å²) < 4.78 is 4.70. The van der Waals surface area contributed by atoms with Gasteiger partial charge in [-0.15, -0.1) is 11.6 Å². The summed E-state index contributed by atoms with van der Waals surface area (Å²) in [5.74, 6) is 1.18. The van der Waals surface area contributed by atoms with Crippen molar-refractivity contribution in [2.75, 3.05) is 0 Å². The van der Waals surface area contributed by atoms with Crippen LogP contribution in [-0.4, -0.2) is 9.55 Å². The molecule has 23 heavy (non-hydrogen) atoms. The molecule has 0 unspecified atom stereocenters. The van der Waals surface area contributed by atoms with Crippen LogP contribution in [0.3, 0.4) is 0 Å². The Morgan fingerprint density at radius 1 is 1.17 bits per heavy atom. The van der Waals surface area contributed by atoms with Crippen LogP contribution in [0.1, 0.15) is 28.3 Å². The van der Waals surface area contributed by atoms with Gasteiger partial charge in [-0.2, -0.15) is 16.7 Å². The Hall–Kier alpha value is -3.42. The number of allylic oxidation sites excluding steroid dienone is 1. The van der Waals surface area contributed by atoms with E-state index >= 15 is 0 Å². The average Bonchev–Trinajstić information content (AvgIpc) is 3.10. The second kappa shape index (κ2) is 4.07. The van der Waals surface area contributed by atoms with Crippen molar-refractivity contribution in [3.8, 4) is 0 Å². The molecule has 0 N–H and O–H groups in total. The van der Waals surface area contributed by atoms with E-state index in [4.69, 9.17) is 4.98 Å². The molecule has 3 heterocycles. The Balaban J connectivity index is 0.00000135. The minimum Gasteiger partial charge on any atom is -0.346 e. The Morgan fingerprint density at radius 3 is 2.83 bits per heavy atom. The first kappa shape index (κ1) is 13.3. The number of aromatic nitrogens is 3. The fourth-order valence-electron chi connectivity index (χ4n) is 3.97. The number of pyridine rings is 1. The largest absolute Gasteiger partial charge is 0.346 e. The van der Waals surface area contributed by atoms with Crippen LogP contribution >= 0.6 is 0 Å². The number of rotatable bonds is 0. The maximum Gasteiger partial charge on any atom is 0.232 e. The van der Waals surface area contributed by atoms with Crippen LogP contribution in [0.2, 0.25) is 0 Å². The predicted molar refractivity (Wildman–Crippen MR) is 85.4 cm³/mol. The summed E-state index contributed by atoms with van der Waals surface area (Å²) in [4.78, 5) is 4.85. The zero-order chi connectivity index (χ0) is 15.0. The molecular weight excluding hydrogens is 517 g/mol. The monoisotopic (exact) mass is 534 g/mol. The van der Waals surface area contributed by atoms with Crippen LogP contribution in [0, 0.1) is 19.9 Å². The van der Waals surface area contributed by atoms with Gasteiger partial charge in [0.15, 0.2) is 5.69 Å². The predicted octanol–water partition coefficient (Wildman–Crippen LogP) is 2.65. The molecule has 1 aliphatic carbocycles. The topological polar surface area (TPSA) is 21.7 Å². The molecule has 4 heteroatoms. The second-order valence-corrected chi connectivity index (χ2v) is 6.41. The Morgan fingerprint density at radius 2 is 2.00 bits per heavy atom. The number of imidazole rings is 1. The van der Waals surface area contributed by atoms with Gasteiger partial charge in [-0.3, -0.25) is 4.98 Å². The summed E-state index contributed by atoms with van der Waals surface area (Å²) >= 11 is 0. The fourth-order valence-corrected chi connectivity index (χ4v) is 3.97. The van der Waals surface area contributed by atoms with Crippen molar-refractivity contribution in [1.82, 2.24) is 9.55 Å². The fraction of sp³-hybridized carbons (Fsp3) is 0.263. The molecular formula is C19H17BkN3. The first-order valence-corrected chi connectivity index (χ1v) is 7.75. The Labute approximate surface area is 129 Å². The van der Waals surface area contributed by atoms with Gasteiger partial charge in [-0.1, -0.05) is 6.92 Å². The molecule has 1 radical (unpaired) electrons.